The van der Waals surface area contributed by atoms with Gasteiger partial charge in [-0.3, -0.25) is 0 Å². The zero-order valence-electron chi connectivity index (χ0n) is 12.1. The van der Waals surface area contributed by atoms with Crippen LogP contribution in [0.15, 0.2) is 42.5 Å². The Morgan fingerprint density at radius 1 is 1.15 bits per heavy atom. The Morgan fingerprint density at radius 2 is 1.85 bits per heavy atom. The second kappa shape index (κ2) is 6.97. The normalized spacial score (nSPS) is 12.0. The summed E-state index contributed by atoms with van der Waals surface area (Å²) in [6.07, 6.45) is 0.994. The highest BCUT2D eigenvalue weighted by molar-refractivity contribution is 14.1. The summed E-state index contributed by atoms with van der Waals surface area (Å²) in [6, 6.07) is 15.1. The third-order valence-electron chi connectivity index (χ3n) is 3.29. The summed E-state index contributed by atoms with van der Waals surface area (Å²) >= 11 is 2.37. The Balaban J connectivity index is 1.97. The van der Waals surface area contributed by atoms with Crippen molar-refractivity contribution in [2.45, 2.75) is 26.3 Å². The molecule has 1 atom stereocenters. The molecule has 2 rings (SSSR count). The molecule has 0 aliphatic carbocycles. The van der Waals surface area contributed by atoms with Gasteiger partial charge in [0.05, 0.1) is 7.11 Å². The standard InChI is InChI=1S/C17H20INO/c1-12-4-7-15(11-17(12)18)19-13(2)10-14-5-8-16(20-3)9-6-14/h4-9,11,13,19H,10H2,1-3H3. The quantitative estimate of drug-likeness (QED) is 0.762. The van der Waals surface area contributed by atoms with Crippen molar-refractivity contribution in [2.24, 2.45) is 0 Å². The van der Waals surface area contributed by atoms with E-state index >= 15 is 0 Å². The molecule has 2 aromatic carbocycles. The Morgan fingerprint density at radius 3 is 2.45 bits per heavy atom. The van der Waals surface area contributed by atoms with Crippen LogP contribution in [0.3, 0.4) is 0 Å². The van der Waals surface area contributed by atoms with Gasteiger partial charge >= 0.3 is 0 Å². The number of hydrogen-bond acceptors (Lipinski definition) is 2. The van der Waals surface area contributed by atoms with Gasteiger partial charge in [0, 0.05) is 15.3 Å². The van der Waals surface area contributed by atoms with Gasteiger partial charge in [-0.1, -0.05) is 18.2 Å². The smallest absolute Gasteiger partial charge is 0.118 e. The molecule has 0 heterocycles. The first-order chi connectivity index (χ1) is 9.58. The Hall–Kier alpha value is -1.23. The van der Waals surface area contributed by atoms with Crippen LogP contribution in [-0.2, 0) is 6.42 Å². The van der Waals surface area contributed by atoms with Gasteiger partial charge in [-0.2, -0.15) is 0 Å². The van der Waals surface area contributed by atoms with Crippen LogP contribution in [-0.4, -0.2) is 13.2 Å². The molecule has 0 aromatic heterocycles. The first-order valence-electron chi connectivity index (χ1n) is 6.74. The molecule has 0 saturated carbocycles. The predicted molar refractivity (Wildman–Crippen MR) is 93.7 cm³/mol. The lowest BCUT2D eigenvalue weighted by atomic mass is 10.1. The predicted octanol–water partition coefficient (Wildman–Crippen LogP) is 4.65. The van der Waals surface area contributed by atoms with E-state index < -0.39 is 0 Å². The van der Waals surface area contributed by atoms with Crippen LogP contribution in [0.5, 0.6) is 5.75 Å². The summed E-state index contributed by atoms with van der Waals surface area (Å²) < 4.78 is 6.47. The van der Waals surface area contributed by atoms with Gasteiger partial charge in [0.15, 0.2) is 0 Å². The van der Waals surface area contributed by atoms with Crippen molar-refractivity contribution in [2.75, 3.05) is 12.4 Å². The highest BCUT2D eigenvalue weighted by Gasteiger charge is 2.05. The van der Waals surface area contributed by atoms with Gasteiger partial charge in [-0.05, 0) is 78.3 Å². The Kier molecular flexibility index (Phi) is 5.29. The molecule has 3 heteroatoms. The molecule has 0 aliphatic rings. The van der Waals surface area contributed by atoms with Gasteiger partial charge < -0.3 is 10.1 Å². The van der Waals surface area contributed by atoms with E-state index in [1.54, 1.807) is 7.11 Å². The minimum absolute atomic E-state index is 0.391. The van der Waals surface area contributed by atoms with E-state index in [2.05, 4.69) is 72.1 Å². The molecule has 106 valence electrons. The fraction of sp³-hybridized carbons (Fsp3) is 0.294. The Labute approximate surface area is 134 Å². The van der Waals surface area contributed by atoms with Gasteiger partial charge in [-0.25, -0.2) is 0 Å². The monoisotopic (exact) mass is 381 g/mol. The highest BCUT2D eigenvalue weighted by atomic mass is 127. The lowest BCUT2D eigenvalue weighted by Gasteiger charge is -2.16. The second-order valence-electron chi connectivity index (χ2n) is 5.06. The van der Waals surface area contributed by atoms with E-state index in [4.69, 9.17) is 4.74 Å². The van der Waals surface area contributed by atoms with Crippen LogP contribution in [0, 0.1) is 10.5 Å². The molecule has 2 nitrogen and oxygen atoms in total. The molecule has 0 saturated heterocycles. The number of aryl methyl sites for hydroxylation is 1. The first-order valence-corrected chi connectivity index (χ1v) is 7.82. The number of rotatable bonds is 5. The van der Waals surface area contributed by atoms with E-state index in [0.717, 1.165) is 12.2 Å². The van der Waals surface area contributed by atoms with Gasteiger partial charge in [0.2, 0.25) is 0 Å². The first kappa shape index (κ1) is 15.2. The molecule has 20 heavy (non-hydrogen) atoms. The van der Waals surface area contributed by atoms with Crippen molar-refractivity contribution in [3.8, 4) is 5.75 Å². The number of anilines is 1. The zero-order valence-corrected chi connectivity index (χ0v) is 14.3. The second-order valence-corrected chi connectivity index (χ2v) is 6.22. The lowest BCUT2D eigenvalue weighted by molar-refractivity contribution is 0.414. The topological polar surface area (TPSA) is 21.3 Å². The summed E-state index contributed by atoms with van der Waals surface area (Å²) in [7, 11) is 1.69. The summed E-state index contributed by atoms with van der Waals surface area (Å²) in [5, 5.41) is 3.55. The van der Waals surface area contributed by atoms with Gasteiger partial charge in [-0.15, -0.1) is 0 Å². The van der Waals surface area contributed by atoms with Crippen LogP contribution in [0.2, 0.25) is 0 Å². The van der Waals surface area contributed by atoms with Crippen LogP contribution in [0.4, 0.5) is 5.69 Å². The molecule has 1 N–H and O–H groups in total. The molecule has 0 fully saturated rings. The van der Waals surface area contributed by atoms with Crippen LogP contribution in [0.25, 0.3) is 0 Å². The minimum atomic E-state index is 0.391. The maximum absolute atomic E-state index is 5.18. The molecule has 0 amide bonds. The molecule has 0 spiro atoms. The molecule has 1 unspecified atom stereocenters. The average molecular weight is 381 g/mol. The lowest BCUT2D eigenvalue weighted by Crippen LogP contribution is -2.18. The van der Waals surface area contributed by atoms with Crippen molar-refractivity contribution in [1.82, 2.24) is 0 Å². The Bertz CT molecular complexity index is 566. The zero-order chi connectivity index (χ0) is 14.5. The molecule has 2 aromatic rings. The van der Waals surface area contributed by atoms with Crippen LogP contribution >= 0.6 is 22.6 Å². The number of methoxy groups -OCH3 is 1. The van der Waals surface area contributed by atoms with E-state index in [9.17, 15) is 0 Å². The number of ether oxygens (including phenoxy) is 1. The molecular weight excluding hydrogens is 361 g/mol. The maximum atomic E-state index is 5.18. The van der Waals surface area contributed by atoms with Gasteiger partial charge in [0.25, 0.3) is 0 Å². The largest absolute Gasteiger partial charge is 0.497 e. The molecule has 0 radical (unpaired) electrons. The molecule has 0 bridgehead atoms. The van der Waals surface area contributed by atoms with E-state index in [0.29, 0.717) is 6.04 Å². The number of benzene rings is 2. The summed E-state index contributed by atoms with van der Waals surface area (Å²) in [5.41, 5.74) is 3.81. The van der Waals surface area contributed by atoms with E-state index in [1.807, 2.05) is 12.1 Å². The van der Waals surface area contributed by atoms with Crippen molar-refractivity contribution in [3.05, 3.63) is 57.2 Å². The van der Waals surface area contributed by atoms with Crippen molar-refractivity contribution in [3.63, 3.8) is 0 Å². The average Bonchev–Trinajstić information content (AvgIpc) is 2.44. The SMILES string of the molecule is COc1ccc(CC(C)Nc2ccc(C)c(I)c2)cc1. The number of halogens is 1. The van der Waals surface area contributed by atoms with E-state index in [-0.39, 0.29) is 0 Å². The molecular formula is C17H20INO. The van der Waals surface area contributed by atoms with E-state index in [1.165, 1.54) is 20.4 Å². The summed E-state index contributed by atoms with van der Waals surface area (Å²) in [5.74, 6) is 0.905. The van der Waals surface area contributed by atoms with Crippen LogP contribution < -0.4 is 10.1 Å². The summed E-state index contributed by atoms with van der Waals surface area (Å²) in [6.45, 7) is 4.34. The van der Waals surface area contributed by atoms with Crippen LogP contribution in [0.1, 0.15) is 18.1 Å². The third-order valence-corrected chi connectivity index (χ3v) is 4.45. The fourth-order valence-electron chi connectivity index (χ4n) is 2.13. The minimum Gasteiger partial charge on any atom is -0.497 e. The highest BCUT2D eigenvalue weighted by Crippen LogP contribution is 2.19. The number of hydrogen-bond donors (Lipinski definition) is 1. The molecule has 0 aliphatic heterocycles. The fourth-order valence-corrected chi connectivity index (χ4v) is 2.65. The van der Waals surface area contributed by atoms with Crippen molar-refractivity contribution < 1.29 is 4.74 Å². The summed E-state index contributed by atoms with van der Waals surface area (Å²) in [4.78, 5) is 0. The third kappa shape index (κ3) is 4.13. The van der Waals surface area contributed by atoms with Crippen molar-refractivity contribution >= 4 is 28.3 Å². The number of nitrogens with one attached hydrogen (secondary N) is 1. The maximum Gasteiger partial charge on any atom is 0.118 e. The van der Waals surface area contributed by atoms with Gasteiger partial charge in [0.1, 0.15) is 5.75 Å². The van der Waals surface area contributed by atoms with Crippen molar-refractivity contribution in [1.29, 1.82) is 0 Å².